The van der Waals surface area contributed by atoms with E-state index in [1.54, 1.807) is 4.57 Å². The van der Waals surface area contributed by atoms with E-state index in [2.05, 4.69) is 22.1 Å². The predicted molar refractivity (Wildman–Crippen MR) is 111 cm³/mol. The van der Waals surface area contributed by atoms with Crippen LogP contribution in [0.5, 0.6) is 5.75 Å². The Bertz CT molecular complexity index is 1150. The summed E-state index contributed by atoms with van der Waals surface area (Å²) in [5.74, 6) is 3.64. The molecule has 0 radical (unpaired) electrons. The summed E-state index contributed by atoms with van der Waals surface area (Å²) in [6, 6.07) is 2.42. The van der Waals surface area contributed by atoms with Gasteiger partial charge < -0.3 is 30.2 Å². The molecule has 4 N–H and O–H groups in total. The Morgan fingerprint density at radius 3 is 2.81 bits per heavy atom. The lowest BCUT2D eigenvalue weighted by atomic mass is 10.1. The first-order valence-electron chi connectivity index (χ1n) is 10.2. The Hall–Kier alpha value is -3.42. The number of fused-ring (bicyclic) bond motifs is 3. The van der Waals surface area contributed by atoms with Gasteiger partial charge in [-0.1, -0.05) is 11.8 Å². The normalized spacial score (nSPS) is 17.3. The quantitative estimate of drug-likeness (QED) is 0.604. The summed E-state index contributed by atoms with van der Waals surface area (Å²) in [6.07, 6.45) is 0.660. The molecule has 0 spiro atoms. The second-order valence-corrected chi connectivity index (χ2v) is 8.17. The van der Waals surface area contributed by atoms with Crippen molar-refractivity contribution in [2.75, 3.05) is 19.8 Å². The van der Waals surface area contributed by atoms with Crippen molar-refractivity contribution in [3.8, 4) is 29.0 Å². The Labute approximate surface area is 183 Å². The van der Waals surface area contributed by atoms with Gasteiger partial charge in [-0.05, 0) is 26.3 Å². The van der Waals surface area contributed by atoms with Crippen molar-refractivity contribution in [1.29, 1.82) is 0 Å². The zero-order valence-corrected chi connectivity index (χ0v) is 17.7. The number of nitrogens with two attached hydrogens (primary N) is 1. The summed E-state index contributed by atoms with van der Waals surface area (Å²) in [6.45, 7) is 4.20. The molecule has 1 aromatic heterocycles. The molecule has 2 aliphatic rings. The lowest BCUT2D eigenvalue weighted by Gasteiger charge is -2.13. The zero-order valence-electron chi connectivity index (χ0n) is 17.7. The highest BCUT2D eigenvalue weighted by atomic mass is 19.1. The second kappa shape index (κ2) is 8.26. The topological polar surface area (TPSA) is 129 Å². The van der Waals surface area contributed by atoms with E-state index >= 15 is 0 Å². The second-order valence-electron chi connectivity index (χ2n) is 8.17. The Kier molecular flexibility index (Phi) is 5.62. The van der Waals surface area contributed by atoms with Crippen LogP contribution in [0.15, 0.2) is 12.1 Å². The summed E-state index contributed by atoms with van der Waals surface area (Å²) in [5.41, 5.74) is 4.41. The van der Waals surface area contributed by atoms with Crippen molar-refractivity contribution in [3.05, 3.63) is 34.9 Å². The molecule has 32 heavy (non-hydrogen) atoms. The number of carbonyl (C=O) groups is 2. The molecular weight excluding hydrogens is 419 g/mol. The third-order valence-electron chi connectivity index (χ3n) is 5.07. The van der Waals surface area contributed by atoms with Gasteiger partial charge in [0.1, 0.15) is 35.3 Å². The maximum atomic E-state index is 14.6. The summed E-state index contributed by atoms with van der Waals surface area (Å²) in [5, 5.41) is 12.7. The van der Waals surface area contributed by atoms with Crippen LogP contribution in [0.3, 0.4) is 0 Å². The molecule has 10 heteroatoms. The molecule has 1 aromatic carbocycles. The number of imidazole rings is 1. The standard InChI is InChI=1S/C22H23FN4O5/c1-22(2,30)5-3-12-9-14-16(10-15(12)23)32-8-6-27-18(17(19(24)28)26-20(14)27)21(29)25-13-4-7-31-11-13/h9-10,13,30H,4,6-8,11H2,1-2H3,(H2,24,28)(H,25,29). The van der Waals surface area contributed by atoms with E-state index in [1.807, 2.05) is 0 Å². The van der Waals surface area contributed by atoms with Gasteiger partial charge in [-0.15, -0.1) is 0 Å². The van der Waals surface area contributed by atoms with Crippen LogP contribution in [-0.4, -0.2) is 57.9 Å². The number of primary amides is 1. The Balaban J connectivity index is 1.83. The average molecular weight is 442 g/mol. The molecule has 0 aliphatic carbocycles. The number of hydrogen-bond acceptors (Lipinski definition) is 6. The number of aliphatic hydroxyl groups is 1. The van der Waals surface area contributed by atoms with E-state index in [9.17, 15) is 19.1 Å². The van der Waals surface area contributed by atoms with Gasteiger partial charge in [0.05, 0.1) is 30.3 Å². The predicted octanol–water partition coefficient (Wildman–Crippen LogP) is 0.822. The summed E-state index contributed by atoms with van der Waals surface area (Å²) in [7, 11) is 0. The van der Waals surface area contributed by atoms with Crippen molar-refractivity contribution >= 4 is 11.8 Å². The molecule has 1 saturated heterocycles. The first kappa shape index (κ1) is 21.8. The van der Waals surface area contributed by atoms with E-state index in [1.165, 1.54) is 26.0 Å². The molecule has 1 unspecified atom stereocenters. The molecule has 2 amide bonds. The van der Waals surface area contributed by atoms with E-state index in [-0.39, 0.29) is 47.7 Å². The maximum absolute atomic E-state index is 14.6. The summed E-state index contributed by atoms with van der Waals surface area (Å²) < 4.78 is 27.1. The van der Waals surface area contributed by atoms with Gasteiger partial charge in [-0.25, -0.2) is 9.37 Å². The molecule has 1 fully saturated rings. The summed E-state index contributed by atoms with van der Waals surface area (Å²) >= 11 is 0. The molecule has 2 aromatic rings. The first-order valence-corrected chi connectivity index (χ1v) is 10.2. The van der Waals surface area contributed by atoms with Crippen molar-refractivity contribution in [3.63, 3.8) is 0 Å². The van der Waals surface area contributed by atoms with E-state index in [0.717, 1.165) is 0 Å². The average Bonchev–Trinajstić information content (AvgIpc) is 3.31. The largest absolute Gasteiger partial charge is 0.491 e. The minimum absolute atomic E-state index is 0.0145. The lowest BCUT2D eigenvalue weighted by Crippen LogP contribution is -2.37. The molecule has 0 saturated carbocycles. The van der Waals surface area contributed by atoms with Crippen LogP contribution >= 0.6 is 0 Å². The van der Waals surface area contributed by atoms with Crippen molar-refractivity contribution in [1.82, 2.24) is 14.9 Å². The van der Waals surface area contributed by atoms with Gasteiger partial charge in [0.15, 0.2) is 5.69 Å². The number of hydrogen-bond donors (Lipinski definition) is 3. The van der Waals surface area contributed by atoms with Crippen molar-refractivity contribution in [2.24, 2.45) is 5.73 Å². The van der Waals surface area contributed by atoms with E-state index < -0.39 is 23.2 Å². The third-order valence-corrected chi connectivity index (χ3v) is 5.07. The number of aromatic nitrogens is 2. The number of ether oxygens (including phenoxy) is 2. The first-order chi connectivity index (χ1) is 15.1. The van der Waals surface area contributed by atoms with Gasteiger partial charge in [0.25, 0.3) is 11.8 Å². The number of nitrogens with one attached hydrogen (secondary N) is 1. The number of nitrogens with zero attached hydrogens (tertiary/aromatic N) is 2. The van der Waals surface area contributed by atoms with Crippen molar-refractivity contribution < 1.29 is 28.6 Å². The molecule has 2 aliphatic heterocycles. The molecule has 3 heterocycles. The van der Waals surface area contributed by atoms with Crippen LogP contribution in [0.4, 0.5) is 4.39 Å². The monoisotopic (exact) mass is 442 g/mol. The van der Waals surface area contributed by atoms with E-state index in [4.69, 9.17) is 15.2 Å². The highest BCUT2D eigenvalue weighted by Crippen LogP contribution is 2.35. The van der Waals surface area contributed by atoms with Gasteiger partial charge in [-0.2, -0.15) is 0 Å². The fourth-order valence-electron chi connectivity index (χ4n) is 3.59. The fourth-order valence-corrected chi connectivity index (χ4v) is 3.59. The number of rotatable bonds is 3. The lowest BCUT2D eigenvalue weighted by molar-refractivity contribution is 0.0905. The molecule has 4 rings (SSSR count). The van der Waals surface area contributed by atoms with E-state index in [0.29, 0.717) is 25.2 Å². The smallest absolute Gasteiger partial charge is 0.270 e. The minimum Gasteiger partial charge on any atom is -0.491 e. The molecular formula is C22H23FN4O5. The van der Waals surface area contributed by atoms with Gasteiger partial charge in [0.2, 0.25) is 0 Å². The number of amides is 2. The number of carbonyl (C=O) groups excluding carboxylic acids is 2. The Morgan fingerprint density at radius 1 is 1.38 bits per heavy atom. The molecule has 0 bridgehead atoms. The van der Waals surface area contributed by atoms with Crippen molar-refractivity contribution in [2.45, 2.75) is 38.5 Å². The van der Waals surface area contributed by atoms with Gasteiger partial charge in [0, 0.05) is 12.7 Å². The minimum atomic E-state index is -1.32. The maximum Gasteiger partial charge on any atom is 0.270 e. The Morgan fingerprint density at radius 2 is 2.16 bits per heavy atom. The summed E-state index contributed by atoms with van der Waals surface area (Å²) in [4.78, 5) is 29.5. The molecule has 1 atom stereocenters. The highest BCUT2D eigenvalue weighted by Gasteiger charge is 2.31. The van der Waals surface area contributed by atoms with Crippen LogP contribution < -0.4 is 15.8 Å². The fraction of sp³-hybridized carbons (Fsp3) is 0.409. The van der Waals surface area contributed by atoms with Crippen LogP contribution in [0.2, 0.25) is 0 Å². The number of halogens is 1. The third kappa shape index (κ3) is 4.30. The number of benzene rings is 1. The highest BCUT2D eigenvalue weighted by molar-refractivity contribution is 6.05. The van der Waals surface area contributed by atoms with Gasteiger partial charge >= 0.3 is 0 Å². The van der Waals surface area contributed by atoms with Crippen LogP contribution in [0.1, 0.15) is 46.8 Å². The van der Waals surface area contributed by atoms with Crippen LogP contribution in [0.25, 0.3) is 11.4 Å². The van der Waals surface area contributed by atoms with Crippen LogP contribution in [-0.2, 0) is 11.3 Å². The molecule has 9 nitrogen and oxygen atoms in total. The molecule has 168 valence electrons. The SMILES string of the molecule is CC(C)(O)C#Cc1cc2c(cc1F)OCCn1c-2nc(C(N)=O)c1C(=O)NC1CCOC1. The van der Waals surface area contributed by atoms with Crippen LogP contribution in [0, 0.1) is 17.7 Å². The zero-order chi connectivity index (χ0) is 23.0. The van der Waals surface area contributed by atoms with Gasteiger partial charge in [-0.3, -0.25) is 9.59 Å².